The van der Waals surface area contributed by atoms with Crippen molar-refractivity contribution < 1.29 is 18.0 Å². The van der Waals surface area contributed by atoms with Crippen molar-refractivity contribution in [2.45, 2.75) is 24.2 Å². The zero-order valence-corrected chi connectivity index (χ0v) is 19.3. The Morgan fingerprint density at radius 1 is 1.03 bits per heavy atom. The summed E-state index contributed by atoms with van der Waals surface area (Å²) in [5.41, 5.74) is 0. The van der Waals surface area contributed by atoms with Crippen LogP contribution in [0.25, 0.3) is 10.8 Å². The first-order chi connectivity index (χ1) is 15.4. The summed E-state index contributed by atoms with van der Waals surface area (Å²) < 4.78 is 27.6. The van der Waals surface area contributed by atoms with Crippen LogP contribution in [0.4, 0.5) is 0 Å². The Hall–Kier alpha value is -2.33. The molecular formula is C23H32N4O4S. The predicted octanol–water partition coefficient (Wildman–Crippen LogP) is 1.12. The average molecular weight is 461 g/mol. The number of amides is 1. The largest absolute Gasteiger partial charge is 0.356 e. The lowest BCUT2D eigenvalue weighted by molar-refractivity contribution is -0.126. The van der Waals surface area contributed by atoms with Gasteiger partial charge in [-0.05, 0) is 68.8 Å². The van der Waals surface area contributed by atoms with Crippen molar-refractivity contribution in [3.8, 4) is 0 Å². The highest BCUT2D eigenvalue weighted by molar-refractivity contribution is 7.89. The van der Waals surface area contributed by atoms with Crippen LogP contribution in [0.5, 0.6) is 0 Å². The first kappa shape index (κ1) is 24.3. The SMILES string of the molecule is CNCCCNC(=O)C1CCN(CC(=O)CNS(=O)(=O)c2ccc3ccccc3c2)CC1. The minimum atomic E-state index is -3.77. The van der Waals surface area contributed by atoms with Gasteiger partial charge >= 0.3 is 0 Å². The van der Waals surface area contributed by atoms with Gasteiger partial charge in [0.25, 0.3) is 0 Å². The molecule has 3 rings (SSSR count). The van der Waals surface area contributed by atoms with E-state index in [2.05, 4.69) is 15.4 Å². The van der Waals surface area contributed by atoms with E-state index in [1.54, 1.807) is 18.2 Å². The minimum Gasteiger partial charge on any atom is -0.356 e. The van der Waals surface area contributed by atoms with E-state index in [0.29, 0.717) is 32.5 Å². The normalized spacial score (nSPS) is 15.7. The van der Waals surface area contributed by atoms with Crippen molar-refractivity contribution in [2.24, 2.45) is 5.92 Å². The maximum Gasteiger partial charge on any atom is 0.240 e. The summed E-state index contributed by atoms with van der Waals surface area (Å²) >= 11 is 0. The van der Waals surface area contributed by atoms with Crippen LogP contribution in [0.15, 0.2) is 47.4 Å². The monoisotopic (exact) mass is 460 g/mol. The second kappa shape index (κ2) is 11.5. The molecule has 0 aromatic heterocycles. The number of benzene rings is 2. The number of Topliss-reactive ketones (excluding diaryl/α,β-unsaturated/α-hetero) is 1. The number of piperidine rings is 1. The number of hydrogen-bond acceptors (Lipinski definition) is 6. The van der Waals surface area contributed by atoms with E-state index in [9.17, 15) is 18.0 Å². The lowest BCUT2D eigenvalue weighted by Gasteiger charge is -2.30. The summed E-state index contributed by atoms with van der Waals surface area (Å²) in [5.74, 6) is -0.137. The molecule has 1 amide bonds. The number of rotatable bonds is 11. The van der Waals surface area contributed by atoms with Crippen LogP contribution < -0.4 is 15.4 Å². The third kappa shape index (κ3) is 6.83. The van der Waals surface area contributed by atoms with Gasteiger partial charge in [-0.3, -0.25) is 14.5 Å². The molecule has 1 fully saturated rings. The molecule has 0 bridgehead atoms. The Kier molecular flexibility index (Phi) is 8.75. The fourth-order valence-corrected chi connectivity index (χ4v) is 4.92. The van der Waals surface area contributed by atoms with Crippen LogP contribution >= 0.6 is 0 Å². The number of hydrogen-bond donors (Lipinski definition) is 3. The molecule has 0 saturated carbocycles. The summed E-state index contributed by atoms with van der Waals surface area (Å²) in [5, 5.41) is 7.80. The quantitative estimate of drug-likeness (QED) is 0.434. The lowest BCUT2D eigenvalue weighted by atomic mass is 9.95. The molecule has 8 nitrogen and oxygen atoms in total. The van der Waals surface area contributed by atoms with E-state index in [1.165, 1.54) is 0 Å². The van der Waals surface area contributed by atoms with Gasteiger partial charge in [0.2, 0.25) is 15.9 Å². The van der Waals surface area contributed by atoms with Gasteiger partial charge in [-0.1, -0.05) is 30.3 Å². The van der Waals surface area contributed by atoms with Gasteiger partial charge in [-0.25, -0.2) is 13.1 Å². The molecule has 2 aromatic carbocycles. The van der Waals surface area contributed by atoms with E-state index in [0.717, 1.165) is 23.7 Å². The number of fused-ring (bicyclic) bond motifs is 1. The molecule has 174 valence electrons. The third-order valence-corrected chi connectivity index (χ3v) is 7.15. The van der Waals surface area contributed by atoms with Crippen molar-refractivity contribution in [1.29, 1.82) is 0 Å². The van der Waals surface area contributed by atoms with E-state index in [-0.39, 0.29) is 35.6 Å². The standard InChI is InChI=1S/C23H32N4O4S/c1-24-11-4-12-25-23(29)19-9-13-27(14-10-19)17-21(28)16-26-32(30,31)22-8-7-18-5-2-3-6-20(18)15-22/h2-3,5-8,15,19,24,26H,4,9-14,16-17H2,1H3,(H,25,29). The minimum absolute atomic E-state index is 0.0256. The molecule has 1 aliphatic rings. The highest BCUT2D eigenvalue weighted by atomic mass is 32.2. The highest BCUT2D eigenvalue weighted by Crippen LogP contribution is 2.19. The van der Waals surface area contributed by atoms with Crippen LogP contribution in [0.1, 0.15) is 19.3 Å². The molecule has 32 heavy (non-hydrogen) atoms. The maximum atomic E-state index is 12.6. The number of nitrogens with zero attached hydrogens (tertiary/aromatic N) is 1. The Balaban J connectivity index is 1.42. The molecule has 1 saturated heterocycles. The molecule has 1 aliphatic heterocycles. The van der Waals surface area contributed by atoms with Gasteiger partial charge in [-0.15, -0.1) is 0 Å². The molecule has 9 heteroatoms. The van der Waals surface area contributed by atoms with Crippen molar-refractivity contribution in [1.82, 2.24) is 20.3 Å². The van der Waals surface area contributed by atoms with Crippen LogP contribution in [0.2, 0.25) is 0 Å². The van der Waals surface area contributed by atoms with Crippen LogP contribution in [0.3, 0.4) is 0 Å². The molecule has 0 aliphatic carbocycles. The molecule has 0 unspecified atom stereocenters. The van der Waals surface area contributed by atoms with E-state index in [4.69, 9.17) is 0 Å². The van der Waals surface area contributed by atoms with Crippen LogP contribution in [0, 0.1) is 5.92 Å². The van der Waals surface area contributed by atoms with Gasteiger partial charge < -0.3 is 10.6 Å². The Bertz CT molecular complexity index is 1030. The Morgan fingerprint density at radius 2 is 1.75 bits per heavy atom. The molecule has 2 aromatic rings. The zero-order chi connectivity index (χ0) is 23.0. The Labute approximate surface area is 189 Å². The van der Waals surface area contributed by atoms with E-state index < -0.39 is 10.0 Å². The van der Waals surface area contributed by atoms with Crippen molar-refractivity contribution in [2.75, 3.05) is 46.3 Å². The second-order valence-electron chi connectivity index (χ2n) is 8.17. The first-order valence-corrected chi connectivity index (χ1v) is 12.5. The predicted molar refractivity (Wildman–Crippen MR) is 125 cm³/mol. The fourth-order valence-electron chi connectivity index (χ4n) is 3.87. The summed E-state index contributed by atoms with van der Waals surface area (Å²) in [4.78, 5) is 26.7. The lowest BCUT2D eigenvalue weighted by Crippen LogP contribution is -2.44. The molecule has 3 N–H and O–H groups in total. The summed E-state index contributed by atoms with van der Waals surface area (Å²) in [7, 11) is -1.89. The molecule has 1 heterocycles. The van der Waals surface area contributed by atoms with E-state index in [1.807, 2.05) is 36.2 Å². The highest BCUT2D eigenvalue weighted by Gasteiger charge is 2.26. The third-order valence-electron chi connectivity index (χ3n) is 5.75. The van der Waals surface area contributed by atoms with Gasteiger partial charge in [0, 0.05) is 12.5 Å². The average Bonchev–Trinajstić information content (AvgIpc) is 2.80. The van der Waals surface area contributed by atoms with Gasteiger partial charge in [0.15, 0.2) is 5.78 Å². The number of ketones is 1. The number of sulfonamides is 1. The van der Waals surface area contributed by atoms with E-state index >= 15 is 0 Å². The van der Waals surface area contributed by atoms with Gasteiger partial charge in [0.1, 0.15) is 0 Å². The van der Waals surface area contributed by atoms with Crippen LogP contribution in [-0.4, -0.2) is 71.3 Å². The first-order valence-electron chi connectivity index (χ1n) is 11.0. The van der Waals surface area contributed by atoms with Crippen LogP contribution in [-0.2, 0) is 19.6 Å². The van der Waals surface area contributed by atoms with Crippen molar-refractivity contribution >= 4 is 32.5 Å². The molecule has 0 atom stereocenters. The van der Waals surface area contributed by atoms with Crippen molar-refractivity contribution in [3.05, 3.63) is 42.5 Å². The van der Waals surface area contributed by atoms with Gasteiger partial charge in [-0.2, -0.15) is 0 Å². The summed E-state index contributed by atoms with van der Waals surface area (Å²) in [6.45, 7) is 2.76. The van der Waals surface area contributed by atoms with Gasteiger partial charge in [0.05, 0.1) is 18.0 Å². The smallest absolute Gasteiger partial charge is 0.240 e. The number of nitrogens with one attached hydrogen (secondary N) is 3. The maximum absolute atomic E-state index is 12.6. The number of carbonyl (C=O) groups excluding carboxylic acids is 2. The molecule has 0 spiro atoms. The molecular weight excluding hydrogens is 428 g/mol. The van der Waals surface area contributed by atoms with Crippen molar-refractivity contribution in [3.63, 3.8) is 0 Å². The Morgan fingerprint density at radius 3 is 2.47 bits per heavy atom. The molecule has 0 radical (unpaired) electrons. The number of carbonyl (C=O) groups is 2. The summed E-state index contributed by atoms with van der Waals surface area (Å²) in [6, 6.07) is 12.4. The zero-order valence-electron chi connectivity index (χ0n) is 18.5. The summed E-state index contributed by atoms with van der Waals surface area (Å²) in [6.07, 6.45) is 2.30. The number of likely N-dealkylation sites (tertiary alicyclic amines) is 1. The second-order valence-corrected chi connectivity index (χ2v) is 9.94. The fraction of sp³-hybridized carbons (Fsp3) is 0.478. The topological polar surface area (TPSA) is 108 Å².